The van der Waals surface area contributed by atoms with E-state index in [1.54, 1.807) is 13.2 Å². The third-order valence-corrected chi connectivity index (χ3v) is 2.77. The van der Waals surface area contributed by atoms with Gasteiger partial charge in [0.15, 0.2) is 0 Å². The van der Waals surface area contributed by atoms with Gasteiger partial charge in [-0.3, -0.25) is 0 Å². The summed E-state index contributed by atoms with van der Waals surface area (Å²) in [5.41, 5.74) is 0. The molecule has 6 heteroatoms. The van der Waals surface area contributed by atoms with Crippen molar-refractivity contribution in [2.24, 2.45) is 0 Å². The molecule has 0 amide bonds. The van der Waals surface area contributed by atoms with Crippen molar-refractivity contribution in [2.75, 3.05) is 20.3 Å². The molecule has 17 heavy (non-hydrogen) atoms. The number of nitrogens with one attached hydrogen (secondary N) is 1. The highest BCUT2D eigenvalue weighted by molar-refractivity contribution is 7.98. The first-order valence-electron chi connectivity index (χ1n) is 5.39. The van der Waals surface area contributed by atoms with Crippen LogP contribution < -0.4 is 5.32 Å². The highest BCUT2D eigenvalue weighted by atomic mass is 32.2. The molecule has 0 saturated carbocycles. The van der Waals surface area contributed by atoms with Gasteiger partial charge in [0.05, 0.1) is 12.3 Å². The Bertz CT molecular complexity index is 307. The molecular weight excluding hydrogens is 248 g/mol. The number of methoxy groups -OCH3 is 1. The van der Waals surface area contributed by atoms with Crippen LogP contribution in [-0.4, -0.2) is 26.0 Å². The molecule has 1 rings (SSSR count). The summed E-state index contributed by atoms with van der Waals surface area (Å²) in [5, 5.41) is 3.19. The van der Waals surface area contributed by atoms with Gasteiger partial charge in [0.2, 0.25) is 0 Å². The lowest BCUT2D eigenvalue weighted by molar-refractivity contribution is 0.194. The van der Waals surface area contributed by atoms with Crippen LogP contribution in [-0.2, 0) is 17.0 Å². The number of furan rings is 1. The van der Waals surface area contributed by atoms with Gasteiger partial charge in [-0.05, 0) is 25.1 Å². The third-order valence-electron chi connectivity index (χ3n) is 2.07. The minimum absolute atomic E-state index is 0.210. The topological polar surface area (TPSA) is 34.4 Å². The zero-order chi connectivity index (χ0) is 12.5. The fourth-order valence-corrected chi connectivity index (χ4v) is 1.74. The van der Waals surface area contributed by atoms with E-state index in [0.29, 0.717) is 24.1 Å². The van der Waals surface area contributed by atoms with E-state index in [9.17, 15) is 8.78 Å². The SMILES string of the molecule is COCCCNCc1ccc(CSC(F)F)o1. The van der Waals surface area contributed by atoms with E-state index in [0.717, 1.165) is 25.3 Å². The summed E-state index contributed by atoms with van der Waals surface area (Å²) in [5.74, 6) is -0.784. The first kappa shape index (κ1) is 14.5. The van der Waals surface area contributed by atoms with Crippen LogP contribution >= 0.6 is 11.8 Å². The van der Waals surface area contributed by atoms with Gasteiger partial charge >= 0.3 is 0 Å². The van der Waals surface area contributed by atoms with Crippen molar-refractivity contribution in [3.05, 3.63) is 23.7 Å². The van der Waals surface area contributed by atoms with Crippen molar-refractivity contribution in [3.63, 3.8) is 0 Å². The van der Waals surface area contributed by atoms with Crippen molar-refractivity contribution in [1.29, 1.82) is 0 Å². The second kappa shape index (κ2) is 8.49. The van der Waals surface area contributed by atoms with E-state index in [-0.39, 0.29) is 5.75 Å². The number of ether oxygens (including phenoxy) is 1. The van der Waals surface area contributed by atoms with Gasteiger partial charge in [0.1, 0.15) is 11.5 Å². The molecule has 0 aromatic carbocycles. The van der Waals surface area contributed by atoms with Crippen molar-refractivity contribution < 1.29 is 17.9 Å². The van der Waals surface area contributed by atoms with Crippen LogP contribution in [0.25, 0.3) is 0 Å². The second-order valence-electron chi connectivity index (χ2n) is 3.46. The smallest absolute Gasteiger partial charge is 0.284 e. The summed E-state index contributed by atoms with van der Waals surface area (Å²) in [4.78, 5) is 0. The van der Waals surface area contributed by atoms with Crippen LogP contribution in [0.1, 0.15) is 17.9 Å². The molecule has 0 unspecified atom stereocenters. The lowest BCUT2D eigenvalue weighted by Crippen LogP contribution is -2.15. The molecule has 3 nitrogen and oxygen atoms in total. The van der Waals surface area contributed by atoms with Gasteiger partial charge in [-0.25, -0.2) is 0 Å². The second-order valence-corrected chi connectivity index (χ2v) is 4.44. The van der Waals surface area contributed by atoms with Crippen molar-refractivity contribution in [3.8, 4) is 0 Å². The third kappa shape index (κ3) is 6.65. The van der Waals surface area contributed by atoms with E-state index in [1.807, 2.05) is 6.07 Å². The van der Waals surface area contributed by atoms with E-state index in [4.69, 9.17) is 9.15 Å². The van der Waals surface area contributed by atoms with Crippen LogP contribution in [0, 0.1) is 0 Å². The molecule has 1 N–H and O–H groups in total. The van der Waals surface area contributed by atoms with Gasteiger partial charge in [-0.15, -0.1) is 0 Å². The molecule has 1 aromatic rings. The Kier molecular flexibility index (Phi) is 7.23. The molecule has 98 valence electrons. The maximum atomic E-state index is 11.9. The number of alkyl halides is 2. The fraction of sp³-hybridized carbons (Fsp3) is 0.636. The van der Waals surface area contributed by atoms with Crippen molar-refractivity contribution >= 4 is 11.8 Å². The van der Waals surface area contributed by atoms with Gasteiger partial charge in [0, 0.05) is 13.7 Å². The summed E-state index contributed by atoms with van der Waals surface area (Å²) >= 11 is 0.569. The molecule has 0 aliphatic carbocycles. The predicted octanol–water partition coefficient (Wildman–Crippen LogP) is 2.86. The quantitative estimate of drug-likeness (QED) is 0.696. The lowest BCUT2D eigenvalue weighted by Gasteiger charge is -2.01. The highest BCUT2D eigenvalue weighted by Gasteiger charge is 2.06. The normalized spacial score (nSPS) is 11.3. The molecule has 0 atom stereocenters. The number of thioether (sulfide) groups is 1. The zero-order valence-electron chi connectivity index (χ0n) is 9.75. The van der Waals surface area contributed by atoms with Crippen LogP contribution in [0.3, 0.4) is 0 Å². The Labute approximate surface area is 104 Å². The van der Waals surface area contributed by atoms with E-state index >= 15 is 0 Å². The van der Waals surface area contributed by atoms with E-state index < -0.39 is 5.76 Å². The summed E-state index contributed by atoms with van der Waals surface area (Å²) in [7, 11) is 1.67. The summed E-state index contributed by atoms with van der Waals surface area (Å²) < 4.78 is 34.2. The standard InChI is InChI=1S/C11H17F2NO2S/c1-15-6-2-5-14-7-9-3-4-10(16-9)8-17-11(12)13/h3-4,11,14H,2,5-8H2,1H3. The number of rotatable bonds is 9. The minimum Gasteiger partial charge on any atom is -0.464 e. The summed E-state index contributed by atoms with van der Waals surface area (Å²) in [6, 6.07) is 3.55. The largest absolute Gasteiger partial charge is 0.464 e. The van der Waals surface area contributed by atoms with Crippen molar-refractivity contribution in [1.82, 2.24) is 5.32 Å². The molecular formula is C11H17F2NO2S. The molecule has 1 aromatic heterocycles. The summed E-state index contributed by atoms with van der Waals surface area (Å²) in [6.45, 7) is 2.18. The van der Waals surface area contributed by atoms with Gasteiger partial charge in [0.25, 0.3) is 5.76 Å². The first-order valence-corrected chi connectivity index (χ1v) is 6.44. The number of hydrogen-bond acceptors (Lipinski definition) is 4. The zero-order valence-corrected chi connectivity index (χ0v) is 10.6. The maximum absolute atomic E-state index is 11.9. The Morgan fingerprint density at radius 1 is 1.41 bits per heavy atom. The Balaban J connectivity index is 2.17. The minimum atomic E-state index is -2.35. The molecule has 0 radical (unpaired) electrons. The van der Waals surface area contributed by atoms with Gasteiger partial charge in [-0.1, -0.05) is 11.8 Å². The van der Waals surface area contributed by atoms with E-state index in [2.05, 4.69) is 5.32 Å². The first-order chi connectivity index (χ1) is 8.22. The Hall–Kier alpha value is -0.590. The van der Waals surface area contributed by atoms with Gasteiger partial charge < -0.3 is 14.5 Å². The molecule has 1 heterocycles. The molecule has 0 bridgehead atoms. The number of hydrogen-bond donors (Lipinski definition) is 1. The van der Waals surface area contributed by atoms with E-state index in [1.165, 1.54) is 0 Å². The van der Waals surface area contributed by atoms with Crippen LogP contribution in [0.5, 0.6) is 0 Å². The van der Waals surface area contributed by atoms with Gasteiger partial charge in [-0.2, -0.15) is 8.78 Å². The number of halogens is 2. The monoisotopic (exact) mass is 265 g/mol. The predicted molar refractivity (Wildman–Crippen MR) is 64.2 cm³/mol. The summed E-state index contributed by atoms with van der Waals surface area (Å²) in [6.07, 6.45) is 0.936. The fourth-order valence-electron chi connectivity index (χ4n) is 1.29. The Morgan fingerprint density at radius 3 is 2.88 bits per heavy atom. The average Bonchev–Trinajstić information content (AvgIpc) is 2.74. The Morgan fingerprint density at radius 2 is 2.18 bits per heavy atom. The molecule has 0 saturated heterocycles. The molecule has 0 aliphatic rings. The maximum Gasteiger partial charge on any atom is 0.284 e. The lowest BCUT2D eigenvalue weighted by atomic mass is 10.4. The highest BCUT2D eigenvalue weighted by Crippen LogP contribution is 2.21. The van der Waals surface area contributed by atoms with Crippen LogP contribution in [0.4, 0.5) is 8.78 Å². The van der Waals surface area contributed by atoms with Crippen LogP contribution in [0.2, 0.25) is 0 Å². The van der Waals surface area contributed by atoms with Crippen LogP contribution in [0.15, 0.2) is 16.5 Å². The van der Waals surface area contributed by atoms with Crippen molar-refractivity contribution in [2.45, 2.75) is 24.5 Å². The average molecular weight is 265 g/mol. The molecule has 0 fully saturated rings. The molecule has 0 aliphatic heterocycles. The molecule has 0 spiro atoms.